The molecular formula is C21H12ClFN2O5S. The zero-order chi connectivity index (χ0) is 22.1. The Hall–Kier alpha value is -3.43. The van der Waals surface area contributed by atoms with Crippen LogP contribution in [0.1, 0.15) is 11.3 Å². The Kier molecular flexibility index (Phi) is 5.62. The number of imide groups is 1. The van der Waals surface area contributed by atoms with Crippen molar-refractivity contribution in [3.63, 3.8) is 0 Å². The minimum absolute atomic E-state index is 0.118. The van der Waals surface area contributed by atoms with Gasteiger partial charge in [0, 0.05) is 29.3 Å². The first-order valence-electron chi connectivity index (χ1n) is 8.86. The van der Waals surface area contributed by atoms with E-state index in [-0.39, 0.29) is 39.2 Å². The lowest BCUT2D eigenvalue weighted by molar-refractivity contribution is -0.384. The van der Waals surface area contributed by atoms with Crippen LogP contribution in [0.3, 0.4) is 0 Å². The summed E-state index contributed by atoms with van der Waals surface area (Å²) in [7, 11) is 0. The Morgan fingerprint density at radius 2 is 1.94 bits per heavy atom. The number of thioether (sulfide) groups is 1. The van der Waals surface area contributed by atoms with Crippen LogP contribution in [0.4, 0.5) is 14.9 Å². The molecule has 0 atom stereocenters. The van der Waals surface area contributed by atoms with E-state index in [1.807, 2.05) is 0 Å². The van der Waals surface area contributed by atoms with E-state index >= 15 is 0 Å². The predicted molar refractivity (Wildman–Crippen MR) is 114 cm³/mol. The summed E-state index contributed by atoms with van der Waals surface area (Å²) in [6, 6.07) is 13.0. The van der Waals surface area contributed by atoms with E-state index in [2.05, 4.69) is 0 Å². The van der Waals surface area contributed by atoms with E-state index in [4.69, 9.17) is 16.0 Å². The zero-order valence-corrected chi connectivity index (χ0v) is 17.2. The lowest BCUT2D eigenvalue weighted by Crippen LogP contribution is -2.27. The first-order chi connectivity index (χ1) is 14.8. The lowest BCUT2D eigenvalue weighted by atomic mass is 10.1. The molecule has 2 aromatic carbocycles. The van der Waals surface area contributed by atoms with Gasteiger partial charge in [-0.25, -0.2) is 4.39 Å². The molecule has 0 N–H and O–H groups in total. The first-order valence-corrected chi connectivity index (χ1v) is 10.1. The van der Waals surface area contributed by atoms with Crippen molar-refractivity contribution in [3.8, 4) is 11.3 Å². The summed E-state index contributed by atoms with van der Waals surface area (Å²) in [6.45, 7) is -0.179. The standard InChI is InChI=1S/C21H12ClFN2O5S/c22-16-7-5-13(25(28)29)9-15(16)18-8-6-14(30-18)10-19-20(26)24(21(27)31-19)11-12-3-1-2-4-17(12)23/h1-10H,11H2/b19-10-. The Morgan fingerprint density at radius 3 is 2.68 bits per heavy atom. The molecule has 4 rings (SSSR count). The number of carbonyl (C=O) groups is 2. The van der Waals surface area contributed by atoms with Crippen LogP contribution in [-0.2, 0) is 11.3 Å². The highest BCUT2D eigenvalue weighted by molar-refractivity contribution is 8.18. The second kappa shape index (κ2) is 8.37. The van der Waals surface area contributed by atoms with Gasteiger partial charge in [0.05, 0.1) is 21.4 Å². The quantitative estimate of drug-likeness (QED) is 0.269. The largest absolute Gasteiger partial charge is 0.457 e. The number of nitrogens with zero attached hydrogens (tertiary/aromatic N) is 2. The second-order valence-corrected chi connectivity index (χ2v) is 7.88. The van der Waals surface area contributed by atoms with Gasteiger partial charge in [-0.2, -0.15) is 0 Å². The van der Waals surface area contributed by atoms with E-state index in [1.165, 1.54) is 42.5 Å². The van der Waals surface area contributed by atoms with Crippen LogP contribution in [0.2, 0.25) is 5.02 Å². The third-order valence-electron chi connectivity index (χ3n) is 4.49. The number of amides is 2. The van der Waals surface area contributed by atoms with Crippen LogP contribution in [-0.4, -0.2) is 21.0 Å². The molecule has 0 saturated carbocycles. The van der Waals surface area contributed by atoms with Crippen LogP contribution in [0.25, 0.3) is 17.4 Å². The molecule has 3 aromatic rings. The van der Waals surface area contributed by atoms with Gasteiger partial charge >= 0.3 is 0 Å². The van der Waals surface area contributed by atoms with Crippen LogP contribution in [0, 0.1) is 15.9 Å². The van der Waals surface area contributed by atoms with E-state index in [0.29, 0.717) is 5.56 Å². The van der Waals surface area contributed by atoms with E-state index in [0.717, 1.165) is 16.7 Å². The number of benzene rings is 2. The third kappa shape index (κ3) is 4.23. The summed E-state index contributed by atoms with van der Waals surface area (Å²) in [5.74, 6) is -0.542. The van der Waals surface area contributed by atoms with Gasteiger partial charge in [-0.3, -0.25) is 24.6 Å². The molecule has 2 heterocycles. The maximum atomic E-state index is 13.9. The average molecular weight is 459 g/mol. The number of carbonyl (C=O) groups excluding carboxylic acids is 2. The minimum atomic E-state index is -0.565. The van der Waals surface area contributed by atoms with Gasteiger partial charge < -0.3 is 4.42 Å². The van der Waals surface area contributed by atoms with Gasteiger partial charge in [-0.1, -0.05) is 29.8 Å². The van der Waals surface area contributed by atoms with Crippen molar-refractivity contribution in [1.29, 1.82) is 0 Å². The molecule has 0 spiro atoms. The van der Waals surface area contributed by atoms with E-state index in [9.17, 15) is 24.1 Å². The predicted octanol–water partition coefficient (Wildman–Crippen LogP) is 5.88. The number of non-ortho nitro benzene ring substituents is 1. The fourth-order valence-corrected chi connectivity index (χ4v) is 3.98. The number of halogens is 2. The molecule has 10 heteroatoms. The third-order valence-corrected chi connectivity index (χ3v) is 5.72. The van der Waals surface area contributed by atoms with Gasteiger partial charge in [0.1, 0.15) is 17.3 Å². The Balaban J connectivity index is 1.58. The molecule has 1 saturated heterocycles. The smallest absolute Gasteiger partial charge is 0.293 e. The van der Waals surface area contributed by atoms with Gasteiger partial charge in [0.2, 0.25) is 0 Å². The Labute approximate surface area is 184 Å². The molecule has 1 fully saturated rings. The fraction of sp³-hybridized carbons (Fsp3) is 0.0476. The van der Waals surface area contributed by atoms with Gasteiger partial charge in [-0.15, -0.1) is 0 Å². The number of furan rings is 1. The molecule has 7 nitrogen and oxygen atoms in total. The molecule has 1 aromatic heterocycles. The number of nitro groups is 1. The summed E-state index contributed by atoms with van der Waals surface area (Å²) in [5, 5.41) is 10.7. The van der Waals surface area contributed by atoms with Gasteiger partial charge in [0.25, 0.3) is 16.8 Å². The lowest BCUT2D eigenvalue weighted by Gasteiger charge is -2.12. The van der Waals surface area contributed by atoms with Crippen molar-refractivity contribution in [3.05, 3.63) is 91.8 Å². The number of hydrogen-bond acceptors (Lipinski definition) is 6. The summed E-state index contributed by atoms with van der Waals surface area (Å²) in [6.07, 6.45) is 1.39. The van der Waals surface area contributed by atoms with Crippen LogP contribution in [0.15, 0.2) is 63.9 Å². The van der Waals surface area contributed by atoms with E-state index in [1.54, 1.807) is 18.2 Å². The van der Waals surface area contributed by atoms with Crippen LogP contribution < -0.4 is 0 Å². The second-order valence-electron chi connectivity index (χ2n) is 6.48. The fourth-order valence-electron chi connectivity index (χ4n) is 2.95. The molecule has 31 heavy (non-hydrogen) atoms. The highest BCUT2D eigenvalue weighted by Gasteiger charge is 2.35. The SMILES string of the molecule is O=C1S/C(=C\c2ccc(-c3cc([N+](=O)[O-])ccc3Cl)o2)C(=O)N1Cc1ccccc1F. The minimum Gasteiger partial charge on any atom is -0.457 e. The normalized spacial score (nSPS) is 15.2. The Morgan fingerprint density at radius 1 is 1.16 bits per heavy atom. The van der Waals surface area contributed by atoms with Crippen molar-refractivity contribution in [2.45, 2.75) is 6.54 Å². The topological polar surface area (TPSA) is 93.7 Å². The van der Waals surface area contributed by atoms with Crippen molar-refractivity contribution < 1.29 is 23.3 Å². The van der Waals surface area contributed by atoms with Crippen LogP contribution >= 0.6 is 23.4 Å². The van der Waals surface area contributed by atoms with Crippen LogP contribution in [0.5, 0.6) is 0 Å². The maximum absolute atomic E-state index is 13.9. The summed E-state index contributed by atoms with van der Waals surface area (Å²) in [5.41, 5.74) is 0.404. The number of rotatable bonds is 5. The molecule has 156 valence electrons. The number of nitro benzene ring substituents is 1. The maximum Gasteiger partial charge on any atom is 0.293 e. The summed E-state index contributed by atoms with van der Waals surface area (Å²) < 4.78 is 19.5. The molecule has 0 bridgehead atoms. The van der Waals surface area contributed by atoms with Crippen molar-refractivity contribution in [2.24, 2.45) is 0 Å². The number of hydrogen-bond donors (Lipinski definition) is 0. The summed E-state index contributed by atoms with van der Waals surface area (Å²) >= 11 is 6.84. The van der Waals surface area contributed by atoms with Gasteiger partial charge in [-0.05, 0) is 36.0 Å². The molecule has 1 aliphatic rings. The van der Waals surface area contributed by atoms with Gasteiger partial charge in [0.15, 0.2) is 0 Å². The summed E-state index contributed by atoms with van der Waals surface area (Å²) in [4.78, 5) is 36.4. The van der Waals surface area contributed by atoms with Crippen molar-refractivity contribution in [2.75, 3.05) is 0 Å². The monoisotopic (exact) mass is 458 g/mol. The zero-order valence-electron chi connectivity index (χ0n) is 15.6. The van der Waals surface area contributed by atoms with Crippen molar-refractivity contribution >= 4 is 46.3 Å². The first kappa shape index (κ1) is 20.8. The highest BCUT2D eigenvalue weighted by atomic mass is 35.5. The molecular weight excluding hydrogens is 447 g/mol. The Bertz CT molecular complexity index is 1260. The molecule has 0 unspecified atom stereocenters. The van der Waals surface area contributed by atoms with E-state index < -0.39 is 21.9 Å². The molecule has 2 amide bonds. The average Bonchev–Trinajstić information content (AvgIpc) is 3.30. The molecule has 0 radical (unpaired) electrons. The highest BCUT2D eigenvalue weighted by Crippen LogP contribution is 2.36. The van der Waals surface area contributed by atoms with Crippen molar-refractivity contribution in [1.82, 2.24) is 4.90 Å². The molecule has 1 aliphatic heterocycles. The molecule has 0 aliphatic carbocycles.